The normalized spacial score (nSPS) is 11.0. The maximum Gasteiger partial charge on any atom is 0.265 e. The van der Waals surface area contributed by atoms with E-state index in [1.54, 1.807) is 43.3 Å². The van der Waals surface area contributed by atoms with Crippen LogP contribution < -0.4 is 14.8 Å². The molecule has 0 heterocycles. The van der Waals surface area contributed by atoms with Crippen LogP contribution in [0.2, 0.25) is 0 Å². The lowest BCUT2D eigenvalue weighted by Gasteiger charge is -2.15. The van der Waals surface area contributed by atoms with Gasteiger partial charge in [-0.15, -0.1) is 0 Å². The second kappa shape index (κ2) is 6.92. The van der Waals surface area contributed by atoms with Gasteiger partial charge in [-0.2, -0.15) is 0 Å². The fourth-order valence-corrected chi connectivity index (χ4v) is 3.88. The highest BCUT2D eigenvalue weighted by Gasteiger charge is 2.22. The van der Waals surface area contributed by atoms with Crippen molar-refractivity contribution < 1.29 is 17.9 Å². The molecular weight excluding hydrogens is 328 g/mol. The Morgan fingerprint density at radius 3 is 2.17 bits per heavy atom. The van der Waals surface area contributed by atoms with E-state index in [9.17, 15) is 13.2 Å². The molecule has 7 heteroatoms. The number of carbonyl (C=O) groups is 1. The minimum Gasteiger partial charge on any atom is -0.495 e. The van der Waals surface area contributed by atoms with E-state index in [2.05, 4.69) is 10.0 Å². The number of rotatable bonds is 5. The van der Waals surface area contributed by atoms with Crippen LogP contribution in [0.4, 0.5) is 11.4 Å². The first-order valence-corrected chi connectivity index (χ1v) is 8.77. The van der Waals surface area contributed by atoms with Gasteiger partial charge in [-0.3, -0.25) is 9.52 Å². The average molecular weight is 348 g/mol. The molecule has 2 aromatic carbocycles. The van der Waals surface area contributed by atoms with Gasteiger partial charge in [-0.05, 0) is 55.3 Å². The number of nitrogens with one attached hydrogen (secondary N) is 2. The highest BCUT2D eigenvalue weighted by molar-refractivity contribution is 7.92. The summed E-state index contributed by atoms with van der Waals surface area (Å²) in [4.78, 5) is 11.1. The van der Waals surface area contributed by atoms with Crippen LogP contribution in [0, 0.1) is 13.8 Å². The number of hydrogen-bond acceptors (Lipinski definition) is 4. The molecule has 0 saturated heterocycles. The molecule has 0 unspecified atom stereocenters. The summed E-state index contributed by atoms with van der Waals surface area (Å²) < 4.78 is 33.2. The van der Waals surface area contributed by atoms with Gasteiger partial charge in [0.1, 0.15) is 10.6 Å². The van der Waals surface area contributed by atoms with Crippen molar-refractivity contribution in [1.29, 1.82) is 0 Å². The van der Waals surface area contributed by atoms with Crippen molar-refractivity contribution >= 4 is 27.3 Å². The van der Waals surface area contributed by atoms with E-state index in [-0.39, 0.29) is 10.8 Å². The lowest BCUT2D eigenvalue weighted by molar-refractivity contribution is -0.114. The summed E-state index contributed by atoms with van der Waals surface area (Å²) in [7, 11) is -2.36. The molecule has 128 valence electrons. The van der Waals surface area contributed by atoms with E-state index < -0.39 is 10.0 Å². The second-order valence-electron chi connectivity index (χ2n) is 5.48. The number of hydrogen-bond donors (Lipinski definition) is 2. The third kappa shape index (κ3) is 4.05. The van der Waals surface area contributed by atoms with Gasteiger partial charge in [0.25, 0.3) is 10.0 Å². The Balaban J connectivity index is 2.34. The van der Waals surface area contributed by atoms with Crippen LogP contribution >= 0.6 is 0 Å². The molecule has 0 bridgehead atoms. The summed E-state index contributed by atoms with van der Waals surface area (Å²) in [5, 5.41) is 2.62. The van der Waals surface area contributed by atoms with Crippen molar-refractivity contribution in [3.63, 3.8) is 0 Å². The van der Waals surface area contributed by atoms with Crippen molar-refractivity contribution in [2.24, 2.45) is 0 Å². The van der Waals surface area contributed by atoms with Crippen LogP contribution in [0.1, 0.15) is 18.1 Å². The number of benzene rings is 2. The topological polar surface area (TPSA) is 84.5 Å². The van der Waals surface area contributed by atoms with Crippen molar-refractivity contribution in [2.75, 3.05) is 17.1 Å². The van der Waals surface area contributed by atoms with E-state index in [1.807, 2.05) is 6.92 Å². The lowest BCUT2D eigenvalue weighted by atomic mass is 10.1. The molecule has 0 radical (unpaired) electrons. The molecule has 0 aromatic heterocycles. The van der Waals surface area contributed by atoms with E-state index in [0.717, 1.165) is 5.56 Å². The first-order valence-electron chi connectivity index (χ1n) is 7.28. The number of amides is 1. The van der Waals surface area contributed by atoms with Gasteiger partial charge in [0.05, 0.1) is 7.11 Å². The Hall–Kier alpha value is -2.54. The maximum absolute atomic E-state index is 12.7. The zero-order valence-corrected chi connectivity index (χ0v) is 14.8. The monoisotopic (exact) mass is 348 g/mol. The molecule has 24 heavy (non-hydrogen) atoms. The first-order chi connectivity index (χ1) is 11.2. The highest BCUT2D eigenvalue weighted by Crippen LogP contribution is 2.30. The molecule has 6 nitrogen and oxygen atoms in total. The van der Waals surface area contributed by atoms with E-state index >= 15 is 0 Å². The molecule has 0 aliphatic heterocycles. The number of methoxy groups -OCH3 is 1. The molecule has 0 spiro atoms. The standard InChI is InChI=1S/C17H20N2O4S/c1-11-9-12(2)17(16(10-11)23-4)24(21,22)19-15-7-5-14(6-8-15)18-13(3)20/h5-10,19H,1-4H3,(H,18,20). The van der Waals surface area contributed by atoms with Gasteiger partial charge >= 0.3 is 0 Å². The maximum atomic E-state index is 12.7. The summed E-state index contributed by atoms with van der Waals surface area (Å²) in [6.45, 7) is 5.01. The molecule has 0 atom stereocenters. The van der Waals surface area contributed by atoms with Crippen molar-refractivity contribution in [3.8, 4) is 5.75 Å². The molecule has 2 N–H and O–H groups in total. The lowest BCUT2D eigenvalue weighted by Crippen LogP contribution is -2.15. The van der Waals surface area contributed by atoms with Crippen LogP contribution in [0.5, 0.6) is 5.75 Å². The van der Waals surface area contributed by atoms with Crippen LogP contribution in [0.3, 0.4) is 0 Å². The molecular formula is C17H20N2O4S. The van der Waals surface area contributed by atoms with Crippen LogP contribution in [-0.2, 0) is 14.8 Å². The molecule has 1 amide bonds. The molecule has 2 aromatic rings. The minimum atomic E-state index is -3.80. The Bertz CT molecular complexity index is 859. The smallest absolute Gasteiger partial charge is 0.265 e. The molecule has 0 aliphatic carbocycles. The van der Waals surface area contributed by atoms with Crippen LogP contribution in [0.25, 0.3) is 0 Å². The number of carbonyl (C=O) groups excluding carboxylic acids is 1. The fraction of sp³-hybridized carbons (Fsp3) is 0.235. The predicted molar refractivity (Wildman–Crippen MR) is 94.0 cm³/mol. The van der Waals surface area contributed by atoms with Crippen molar-refractivity contribution in [2.45, 2.75) is 25.7 Å². The molecule has 0 saturated carbocycles. The fourth-order valence-electron chi connectivity index (χ4n) is 2.44. The number of anilines is 2. The van der Waals surface area contributed by atoms with E-state index in [1.165, 1.54) is 14.0 Å². The molecule has 0 fully saturated rings. The van der Waals surface area contributed by atoms with Gasteiger partial charge in [0.15, 0.2) is 0 Å². The van der Waals surface area contributed by atoms with Crippen LogP contribution in [0.15, 0.2) is 41.3 Å². The summed E-state index contributed by atoms with van der Waals surface area (Å²) in [5.41, 5.74) is 2.51. The number of sulfonamides is 1. The SMILES string of the molecule is COc1cc(C)cc(C)c1S(=O)(=O)Nc1ccc(NC(C)=O)cc1. The number of aryl methyl sites for hydroxylation is 2. The Morgan fingerprint density at radius 2 is 1.62 bits per heavy atom. The first kappa shape index (κ1) is 17.8. The van der Waals surface area contributed by atoms with Crippen molar-refractivity contribution in [3.05, 3.63) is 47.5 Å². The zero-order chi connectivity index (χ0) is 17.9. The largest absolute Gasteiger partial charge is 0.495 e. The van der Waals surface area contributed by atoms with Gasteiger partial charge in [0, 0.05) is 18.3 Å². The molecule has 0 aliphatic rings. The third-order valence-corrected chi connectivity index (χ3v) is 4.90. The summed E-state index contributed by atoms with van der Waals surface area (Å²) >= 11 is 0. The predicted octanol–water partition coefficient (Wildman–Crippen LogP) is 3.07. The second-order valence-corrected chi connectivity index (χ2v) is 7.10. The van der Waals surface area contributed by atoms with Gasteiger partial charge in [0.2, 0.25) is 5.91 Å². The summed E-state index contributed by atoms with van der Waals surface area (Å²) in [6.07, 6.45) is 0. The highest BCUT2D eigenvalue weighted by atomic mass is 32.2. The summed E-state index contributed by atoms with van der Waals surface area (Å²) in [6, 6.07) is 9.88. The molecule has 2 rings (SSSR count). The zero-order valence-electron chi connectivity index (χ0n) is 14.0. The Kier molecular flexibility index (Phi) is 5.14. The van der Waals surface area contributed by atoms with E-state index in [0.29, 0.717) is 22.7 Å². The third-order valence-electron chi connectivity index (χ3n) is 3.33. The van der Waals surface area contributed by atoms with Gasteiger partial charge < -0.3 is 10.1 Å². The van der Waals surface area contributed by atoms with E-state index in [4.69, 9.17) is 4.74 Å². The summed E-state index contributed by atoms with van der Waals surface area (Å²) in [5.74, 6) is 0.109. The quantitative estimate of drug-likeness (QED) is 0.870. The Labute approximate surface area is 141 Å². The van der Waals surface area contributed by atoms with Gasteiger partial charge in [-0.1, -0.05) is 6.07 Å². The van der Waals surface area contributed by atoms with Crippen molar-refractivity contribution in [1.82, 2.24) is 0 Å². The van der Waals surface area contributed by atoms with Gasteiger partial charge in [-0.25, -0.2) is 8.42 Å². The minimum absolute atomic E-state index is 0.113. The van der Waals surface area contributed by atoms with Crippen LogP contribution in [-0.4, -0.2) is 21.4 Å². The number of ether oxygens (including phenoxy) is 1. The Morgan fingerprint density at radius 1 is 1.04 bits per heavy atom. The average Bonchev–Trinajstić information content (AvgIpc) is 2.47.